The summed E-state index contributed by atoms with van der Waals surface area (Å²) in [5, 5.41) is 3.34. The summed E-state index contributed by atoms with van der Waals surface area (Å²) < 4.78 is 37.7. The van der Waals surface area contributed by atoms with Crippen LogP contribution in [0.3, 0.4) is 0 Å². The number of nitrogens with one attached hydrogen (secondary N) is 1. The summed E-state index contributed by atoms with van der Waals surface area (Å²) in [4.78, 5) is 0. The van der Waals surface area contributed by atoms with E-state index in [-0.39, 0.29) is 6.04 Å². The maximum absolute atomic E-state index is 12.6. The normalized spacial score (nSPS) is 13.6. The van der Waals surface area contributed by atoms with Gasteiger partial charge in [0.2, 0.25) is 0 Å². The average Bonchev–Trinajstić information content (AvgIpc) is 2.33. The van der Waals surface area contributed by atoms with E-state index in [1.54, 1.807) is 6.07 Å². The van der Waals surface area contributed by atoms with E-state index in [2.05, 4.69) is 12.2 Å². The molecule has 0 aromatic heterocycles. The molecule has 1 nitrogen and oxygen atoms in total. The number of hydrogen-bond acceptors (Lipinski definition) is 1. The van der Waals surface area contributed by atoms with Crippen molar-refractivity contribution in [2.24, 2.45) is 0 Å². The Bertz CT molecular complexity index is 360. The van der Waals surface area contributed by atoms with E-state index in [0.29, 0.717) is 6.42 Å². The molecule has 0 amide bonds. The summed E-state index contributed by atoms with van der Waals surface area (Å²) >= 11 is 0. The monoisotopic (exact) mass is 259 g/mol. The molecule has 0 bridgehead atoms. The maximum atomic E-state index is 12.6. The summed E-state index contributed by atoms with van der Waals surface area (Å²) in [5.74, 6) is 0. The van der Waals surface area contributed by atoms with Gasteiger partial charge in [-0.3, -0.25) is 0 Å². The molecule has 0 spiro atoms. The second-order valence-corrected chi connectivity index (χ2v) is 4.46. The molecule has 1 rings (SSSR count). The number of rotatable bonds is 6. The third kappa shape index (κ3) is 4.69. The van der Waals surface area contributed by atoms with E-state index in [9.17, 15) is 13.2 Å². The Kier molecular flexibility index (Phi) is 5.66. The molecule has 0 aliphatic carbocycles. The molecule has 102 valence electrons. The molecule has 1 aromatic carbocycles. The van der Waals surface area contributed by atoms with Crippen LogP contribution in [0.25, 0.3) is 0 Å². The lowest BCUT2D eigenvalue weighted by Crippen LogP contribution is -2.31. The predicted molar refractivity (Wildman–Crippen MR) is 67.5 cm³/mol. The molecule has 0 aliphatic heterocycles. The van der Waals surface area contributed by atoms with Crippen molar-refractivity contribution in [3.63, 3.8) is 0 Å². The molecule has 0 saturated heterocycles. The first-order chi connectivity index (χ1) is 8.47. The molecule has 0 heterocycles. The van der Waals surface area contributed by atoms with Gasteiger partial charge in [0.25, 0.3) is 0 Å². The Balaban J connectivity index is 2.71. The van der Waals surface area contributed by atoms with Crippen molar-refractivity contribution in [2.45, 2.75) is 45.3 Å². The molecule has 0 saturated carbocycles. The van der Waals surface area contributed by atoms with Crippen molar-refractivity contribution in [1.29, 1.82) is 0 Å². The minimum Gasteiger partial charge on any atom is -0.314 e. The van der Waals surface area contributed by atoms with Crippen LogP contribution in [0.5, 0.6) is 0 Å². The first kappa shape index (κ1) is 15.0. The van der Waals surface area contributed by atoms with Gasteiger partial charge in [0.1, 0.15) is 0 Å². The number of alkyl halides is 3. The van der Waals surface area contributed by atoms with Crippen LogP contribution in [0.2, 0.25) is 0 Å². The molecule has 0 fully saturated rings. The molecule has 1 aromatic rings. The van der Waals surface area contributed by atoms with Crippen molar-refractivity contribution < 1.29 is 13.2 Å². The standard InChI is InChI=1S/C14H20F3N/c1-3-8-18-13(4-2)10-11-6-5-7-12(9-11)14(15,16)17/h5-7,9,13,18H,3-4,8,10H2,1-2H3. The van der Waals surface area contributed by atoms with Gasteiger partial charge in [0, 0.05) is 6.04 Å². The van der Waals surface area contributed by atoms with Gasteiger partial charge in [-0.05, 0) is 37.4 Å². The van der Waals surface area contributed by atoms with Gasteiger partial charge >= 0.3 is 6.18 Å². The average molecular weight is 259 g/mol. The summed E-state index contributed by atoms with van der Waals surface area (Å²) in [7, 11) is 0. The largest absolute Gasteiger partial charge is 0.416 e. The molecule has 0 aliphatic rings. The number of benzene rings is 1. The van der Waals surface area contributed by atoms with E-state index in [1.165, 1.54) is 12.1 Å². The van der Waals surface area contributed by atoms with Crippen molar-refractivity contribution in [1.82, 2.24) is 5.32 Å². The molecular formula is C14H20F3N. The van der Waals surface area contributed by atoms with Crippen molar-refractivity contribution in [3.8, 4) is 0 Å². The summed E-state index contributed by atoms with van der Waals surface area (Å²) in [6.07, 6.45) is -1.68. The highest BCUT2D eigenvalue weighted by atomic mass is 19.4. The quantitative estimate of drug-likeness (QED) is 0.813. The third-order valence-electron chi connectivity index (χ3n) is 2.91. The van der Waals surface area contributed by atoms with Gasteiger partial charge in [-0.1, -0.05) is 32.0 Å². The SMILES string of the molecule is CCCNC(CC)Cc1cccc(C(F)(F)F)c1. The van der Waals surface area contributed by atoms with Crippen LogP contribution in [0.1, 0.15) is 37.8 Å². The maximum Gasteiger partial charge on any atom is 0.416 e. The highest BCUT2D eigenvalue weighted by Gasteiger charge is 2.30. The molecule has 0 radical (unpaired) electrons. The zero-order valence-electron chi connectivity index (χ0n) is 10.8. The van der Waals surface area contributed by atoms with Gasteiger partial charge in [0.05, 0.1) is 5.56 Å². The molecule has 1 N–H and O–H groups in total. The summed E-state index contributed by atoms with van der Waals surface area (Å²) in [6.45, 7) is 5.02. The lowest BCUT2D eigenvalue weighted by Gasteiger charge is -2.17. The van der Waals surface area contributed by atoms with Crippen molar-refractivity contribution in [2.75, 3.05) is 6.54 Å². The smallest absolute Gasteiger partial charge is 0.314 e. The van der Waals surface area contributed by atoms with Crippen LogP contribution in [0.15, 0.2) is 24.3 Å². The van der Waals surface area contributed by atoms with Crippen LogP contribution in [-0.4, -0.2) is 12.6 Å². The van der Waals surface area contributed by atoms with Gasteiger partial charge in [-0.25, -0.2) is 0 Å². The van der Waals surface area contributed by atoms with E-state index in [0.717, 1.165) is 31.0 Å². The van der Waals surface area contributed by atoms with E-state index in [4.69, 9.17) is 0 Å². The first-order valence-corrected chi connectivity index (χ1v) is 6.36. The zero-order valence-corrected chi connectivity index (χ0v) is 10.8. The molecule has 1 unspecified atom stereocenters. The highest BCUT2D eigenvalue weighted by Crippen LogP contribution is 2.29. The van der Waals surface area contributed by atoms with Crippen LogP contribution >= 0.6 is 0 Å². The predicted octanol–water partition coefficient (Wildman–Crippen LogP) is 4.03. The van der Waals surface area contributed by atoms with Gasteiger partial charge < -0.3 is 5.32 Å². The van der Waals surface area contributed by atoms with Crippen LogP contribution in [-0.2, 0) is 12.6 Å². The fourth-order valence-corrected chi connectivity index (χ4v) is 1.87. The van der Waals surface area contributed by atoms with Crippen molar-refractivity contribution >= 4 is 0 Å². The summed E-state index contributed by atoms with van der Waals surface area (Å²) in [5.41, 5.74) is 0.172. The van der Waals surface area contributed by atoms with Gasteiger partial charge in [-0.2, -0.15) is 13.2 Å². The van der Waals surface area contributed by atoms with Crippen LogP contribution in [0, 0.1) is 0 Å². The van der Waals surface area contributed by atoms with Gasteiger partial charge in [0.15, 0.2) is 0 Å². The fraction of sp³-hybridized carbons (Fsp3) is 0.571. The molecular weight excluding hydrogens is 239 g/mol. The second-order valence-electron chi connectivity index (χ2n) is 4.46. The Labute approximate surface area is 106 Å². The molecule has 1 atom stereocenters. The first-order valence-electron chi connectivity index (χ1n) is 6.36. The lowest BCUT2D eigenvalue weighted by molar-refractivity contribution is -0.137. The van der Waals surface area contributed by atoms with Crippen LogP contribution < -0.4 is 5.32 Å². The Morgan fingerprint density at radius 2 is 1.94 bits per heavy atom. The molecule has 4 heteroatoms. The fourth-order valence-electron chi connectivity index (χ4n) is 1.87. The lowest BCUT2D eigenvalue weighted by atomic mass is 10.0. The molecule has 18 heavy (non-hydrogen) atoms. The van der Waals surface area contributed by atoms with E-state index >= 15 is 0 Å². The minimum atomic E-state index is -4.26. The topological polar surface area (TPSA) is 12.0 Å². The second kappa shape index (κ2) is 6.78. The minimum absolute atomic E-state index is 0.244. The van der Waals surface area contributed by atoms with Crippen molar-refractivity contribution in [3.05, 3.63) is 35.4 Å². The highest BCUT2D eigenvalue weighted by molar-refractivity contribution is 5.26. The van der Waals surface area contributed by atoms with E-state index < -0.39 is 11.7 Å². The van der Waals surface area contributed by atoms with E-state index in [1.807, 2.05) is 6.92 Å². The number of hydrogen-bond donors (Lipinski definition) is 1. The zero-order chi connectivity index (χ0) is 13.6. The Morgan fingerprint density at radius 1 is 1.22 bits per heavy atom. The third-order valence-corrected chi connectivity index (χ3v) is 2.91. The Hall–Kier alpha value is -1.03. The Morgan fingerprint density at radius 3 is 2.50 bits per heavy atom. The van der Waals surface area contributed by atoms with Gasteiger partial charge in [-0.15, -0.1) is 0 Å². The number of halogens is 3. The van der Waals surface area contributed by atoms with Crippen LogP contribution in [0.4, 0.5) is 13.2 Å². The summed E-state index contributed by atoms with van der Waals surface area (Å²) in [6, 6.07) is 5.84.